The summed E-state index contributed by atoms with van der Waals surface area (Å²) < 4.78 is 0. The second-order valence-corrected chi connectivity index (χ2v) is 7.25. The van der Waals surface area contributed by atoms with Crippen molar-refractivity contribution in [2.75, 3.05) is 19.6 Å². The molecule has 1 N–H and O–H groups in total. The van der Waals surface area contributed by atoms with Gasteiger partial charge >= 0.3 is 0 Å². The average molecular weight is 264 g/mol. The van der Waals surface area contributed by atoms with E-state index in [1.807, 2.05) is 0 Å². The summed E-state index contributed by atoms with van der Waals surface area (Å²) in [6, 6.07) is 0. The van der Waals surface area contributed by atoms with Crippen molar-refractivity contribution in [1.82, 2.24) is 10.2 Å². The smallest absolute Gasteiger partial charge is 0.242 e. The maximum Gasteiger partial charge on any atom is 0.242 e. The van der Waals surface area contributed by atoms with E-state index in [-0.39, 0.29) is 5.54 Å². The first-order chi connectivity index (χ1) is 9.14. The molecule has 1 aliphatic carbocycles. The van der Waals surface area contributed by atoms with Crippen LogP contribution in [0.1, 0.15) is 64.7 Å². The minimum Gasteiger partial charge on any atom is -0.341 e. The van der Waals surface area contributed by atoms with Gasteiger partial charge in [-0.15, -0.1) is 0 Å². The molecule has 3 nitrogen and oxygen atoms in total. The molecule has 0 bridgehead atoms. The maximum absolute atomic E-state index is 12.8. The summed E-state index contributed by atoms with van der Waals surface area (Å²) in [6.45, 7) is 5.14. The van der Waals surface area contributed by atoms with E-state index in [4.69, 9.17) is 0 Å². The lowest BCUT2D eigenvalue weighted by Crippen LogP contribution is -2.57. The van der Waals surface area contributed by atoms with Crippen LogP contribution in [0.4, 0.5) is 0 Å². The predicted molar refractivity (Wildman–Crippen MR) is 77.0 cm³/mol. The molecular formula is C16H28N2O. The Morgan fingerprint density at radius 2 is 1.74 bits per heavy atom. The summed E-state index contributed by atoms with van der Waals surface area (Å²) in [6.07, 6.45) is 11.5. The van der Waals surface area contributed by atoms with Crippen LogP contribution in [0.3, 0.4) is 0 Å². The summed E-state index contributed by atoms with van der Waals surface area (Å²) in [5, 5.41) is 3.47. The lowest BCUT2D eigenvalue weighted by atomic mass is 9.73. The van der Waals surface area contributed by atoms with Crippen molar-refractivity contribution >= 4 is 5.91 Å². The number of carbonyl (C=O) groups is 1. The quantitative estimate of drug-likeness (QED) is 0.790. The Labute approximate surface area is 117 Å². The van der Waals surface area contributed by atoms with Crippen molar-refractivity contribution in [3.8, 4) is 0 Å². The summed E-state index contributed by atoms with van der Waals surface area (Å²) in [7, 11) is 0. The van der Waals surface area contributed by atoms with E-state index in [1.54, 1.807) is 0 Å². The zero-order valence-electron chi connectivity index (χ0n) is 12.3. The summed E-state index contributed by atoms with van der Waals surface area (Å²) in [5.41, 5.74) is 0.206. The van der Waals surface area contributed by atoms with Crippen LogP contribution in [0, 0.1) is 5.41 Å². The van der Waals surface area contributed by atoms with Crippen LogP contribution in [0.5, 0.6) is 0 Å². The molecule has 0 aromatic heterocycles. The molecule has 1 spiro atoms. The van der Waals surface area contributed by atoms with Crippen LogP contribution in [-0.2, 0) is 4.79 Å². The zero-order chi connectivity index (χ0) is 13.3. The molecule has 2 heterocycles. The number of carbonyl (C=O) groups excluding carboxylic acids is 1. The van der Waals surface area contributed by atoms with E-state index < -0.39 is 0 Å². The summed E-state index contributed by atoms with van der Waals surface area (Å²) in [4.78, 5) is 15.0. The normalized spacial score (nSPS) is 34.7. The fourth-order valence-electron chi connectivity index (χ4n) is 4.41. The van der Waals surface area contributed by atoms with Crippen LogP contribution in [0.2, 0.25) is 0 Å². The molecule has 3 fully saturated rings. The minimum absolute atomic E-state index is 0.279. The Balaban J connectivity index is 1.65. The molecule has 3 aliphatic rings. The molecule has 3 heteroatoms. The van der Waals surface area contributed by atoms with Crippen molar-refractivity contribution in [3.63, 3.8) is 0 Å². The van der Waals surface area contributed by atoms with E-state index in [2.05, 4.69) is 17.1 Å². The maximum atomic E-state index is 12.8. The monoisotopic (exact) mass is 264 g/mol. The largest absolute Gasteiger partial charge is 0.341 e. The molecule has 0 aromatic carbocycles. The van der Waals surface area contributed by atoms with Crippen LogP contribution >= 0.6 is 0 Å². The van der Waals surface area contributed by atoms with E-state index in [0.29, 0.717) is 11.3 Å². The van der Waals surface area contributed by atoms with E-state index >= 15 is 0 Å². The minimum atomic E-state index is -0.279. The predicted octanol–water partition coefficient (Wildman–Crippen LogP) is 2.70. The Hall–Kier alpha value is -0.570. The molecule has 2 aliphatic heterocycles. The van der Waals surface area contributed by atoms with Gasteiger partial charge in [0, 0.05) is 13.1 Å². The Bertz CT molecular complexity index is 341. The van der Waals surface area contributed by atoms with Crippen molar-refractivity contribution < 1.29 is 4.79 Å². The first-order valence-electron chi connectivity index (χ1n) is 8.18. The van der Waals surface area contributed by atoms with Gasteiger partial charge in [0.25, 0.3) is 0 Å². The number of nitrogens with one attached hydrogen (secondary N) is 1. The Kier molecular flexibility index (Phi) is 3.59. The number of amides is 1. The topological polar surface area (TPSA) is 32.3 Å². The first kappa shape index (κ1) is 13.4. The highest BCUT2D eigenvalue weighted by molar-refractivity contribution is 5.86. The first-order valence-corrected chi connectivity index (χ1v) is 8.18. The van der Waals surface area contributed by atoms with Gasteiger partial charge in [-0.3, -0.25) is 4.79 Å². The van der Waals surface area contributed by atoms with Crippen molar-refractivity contribution in [1.29, 1.82) is 0 Å². The third kappa shape index (κ3) is 2.54. The van der Waals surface area contributed by atoms with Crippen molar-refractivity contribution in [2.24, 2.45) is 5.41 Å². The molecule has 2 saturated heterocycles. The lowest BCUT2D eigenvalue weighted by molar-refractivity contribution is -0.138. The number of rotatable bonds is 1. The fourth-order valence-corrected chi connectivity index (χ4v) is 4.41. The molecule has 0 radical (unpaired) electrons. The number of hydrogen-bond acceptors (Lipinski definition) is 2. The van der Waals surface area contributed by atoms with E-state index in [9.17, 15) is 4.79 Å². The van der Waals surface area contributed by atoms with Gasteiger partial charge < -0.3 is 10.2 Å². The third-order valence-electron chi connectivity index (χ3n) is 5.73. The van der Waals surface area contributed by atoms with Crippen molar-refractivity contribution in [2.45, 2.75) is 70.3 Å². The van der Waals surface area contributed by atoms with E-state index in [1.165, 1.54) is 51.4 Å². The second-order valence-electron chi connectivity index (χ2n) is 7.25. The third-order valence-corrected chi connectivity index (χ3v) is 5.73. The molecule has 3 rings (SSSR count). The highest BCUT2D eigenvalue weighted by Crippen LogP contribution is 2.44. The molecule has 108 valence electrons. The Morgan fingerprint density at radius 1 is 1.00 bits per heavy atom. The van der Waals surface area contributed by atoms with Gasteiger partial charge in [0.05, 0.1) is 5.54 Å². The van der Waals surface area contributed by atoms with E-state index in [0.717, 1.165) is 26.1 Å². The Morgan fingerprint density at radius 3 is 2.42 bits per heavy atom. The molecule has 1 amide bonds. The molecule has 1 atom stereocenters. The molecule has 1 saturated carbocycles. The van der Waals surface area contributed by atoms with Crippen LogP contribution in [0.25, 0.3) is 0 Å². The van der Waals surface area contributed by atoms with Gasteiger partial charge in [0.15, 0.2) is 0 Å². The van der Waals surface area contributed by atoms with Gasteiger partial charge in [-0.25, -0.2) is 0 Å². The molecular weight excluding hydrogens is 236 g/mol. The summed E-state index contributed by atoms with van der Waals surface area (Å²) in [5.74, 6) is 0.370. The zero-order valence-corrected chi connectivity index (χ0v) is 12.3. The van der Waals surface area contributed by atoms with Gasteiger partial charge in [-0.1, -0.05) is 19.3 Å². The molecule has 19 heavy (non-hydrogen) atoms. The van der Waals surface area contributed by atoms with Gasteiger partial charge in [-0.2, -0.15) is 0 Å². The standard InChI is InChI=1S/C16H28N2O/c1-15(7-5-6-11-17-15)14(19)18-12-10-16(13-18)8-3-2-4-9-16/h17H,2-13H2,1H3. The summed E-state index contributed by atoms with van der Waals surface area (Å²) >= 11 is 0. The number of hydrogen-bond donors (Lipinski definition) is 1. The number of nitrogens with zero attached hydrogens (tertiary/aromatic N) is 1. The molecule has 1 unspecified atom stereocenters. The fraction of sp³-hybridized carbons (Fsp3) is 0.938. The number of likely N-dealkylation sites (tertiary alicyclic amines) is 1. The lowest BCUT2D eigenvalue weighted by Gasteiger charge is -2.38. The van der Waals surface area contributed by atoms with Crippen LogP contribution in [-0.4, -0.2) is 36.0 Å². The average Bonchev–Trinajstić information content (AvgIpc) is 2.83. The second kappa shape index (κ2) is 5.08. The highest BCUT2D eigenvalue weighted by Gasteiger charge is 2.45. The van der Waals surface area contributed by atoms with Crippen LogP contribution < -0.4 is 5.32 Å². The van der Waals surface area contributed by atoms with Gasteiger partial charge in [0.1, 0.15) is 0 Å². The van der Waals surface area contributed by atoms with Gasteiger partial charge in [-0.05, 0) is 57.4 Å². The van der Waals surface area contributed by atoms with Gasteiger partial charge in [0.2, 0.25) is 5.91 Å². The van der Waals surface area contributed by atoms with Crippen LogP contribution in [0.15, 0.2) is 0 Å². The van der Waals surface area contributed by atoms with Crippen molar-refractivity contribution in [3.05, 3.63) is 0 Å². The SMILES string of the molecule is CC1(C(=O)N2CCC3(CCCCC3)C2)CCCCN1. The number of piperidine rings is 1. The highest BCUT2D eigenvalue weighted by atomic mass is 16.2. The molecule has 0 aromatic rings.